The molecule has 0 radical (unpaired) electrons. The number of aryl methyl sites for hydroxylation is 1. The van der Waals surface area contributed by atoms with Gasteiger partial charge in [-0.2, -0.15) is 10.1 Å². The largest absolute Gasteiger partial charge is 0.474 e. The van der Waals surface area contributed by atoms with Gasteiger partial charge in [-0.05, 0) is 32.0 Å². The predicted octanol–water partition coefficient (Wildman–Crippen LogP) is 3.34. The molecule has 3 aromatic rings. The highest BCUT2D eigenvalue weighted by Crippen LogP contribution is 2.24. The first-order chi connectivity index (χ1) is 12.3. The van der Waals surface area contributed by atoms with Crippen molar-refractivity contribution >= 4 is 22.8 Å². The number of nitrogens with one attached hydrogen (secondary N) is 1. The molecule has 26 heavy (non-hydrogen) atoms. The van der Waals surface area contributed by atoms with Crippen molar-refractivity contribution in [2.75, 3.05) is 5.32 Å². The van der Waals surface area contributed by atoms with E-state index in [4.69, 9.17) is 4.74 Å². The average molecular weight is 361 g/mol. The summed E-state index contributed by atoms with van der Waals surface area (Å²) in [5.41, 5.74) is 0.197. The molecule has 1 amide bonds. The lowest BCUT2D eigenvalue weighted by Gasteiger charge is -2.13. The van der Waals surface area contributed by atoms with Crippen LogP contribution in [0.2, 0.25) is 0 Å². The summed E-state index contributed by atoms with van der Waals surface area (Å²) in [5, 5.41) is 7.36. The maximum absolute atomic E-state index is 12.8. The molecule has 0 unspecified atom stereocenters. The second-order valence-electron chi connectivity index (χ2n) is 5.93. The number of ether oxygens (including phenoxy) is 1. The normalized spacial score (nSPS) is 11.3. The number of fused-ring (bicyclic) bond motifs is 1. The van der Waals surface area contributed by atoms with E-state index in [-0.39, 0.29) is 23.4 Å². The monoisotopic (exact) mass is 361 g/mol. The number of aromatic nitrogens is 4. The van der Waals surface area contributed by atoms with Gasteiger partial charge < -0.3 is 10.1 Å². The molecule has 0 aliphatic carbocycles. The number of anilines is 1. The van der Waals surface area contributed by atoms with Crippen molar-refractivity contribution in [3.63, 3.8) is 0 Å². The first-order valence-corrected chi connectivity index (χ1v) is 7.91. The van der Waals surface area contributed by atoms with E-state index in [0.717, 1.165) is 0 Å². The van der Waals surface area contributed by atoms with Gasteiger partial charge >= 0.3 is 0 Å². The first-order valence-electron chi connectivity index (χ1n) is 7.91. The molecule has 3 rings (SSSR count). The van der Waals surface area contributed by atoms with Gasteiger partial charge in [-0.3, -0.25) is 9.48 Å². The second-order valence-corrected chi connectivity index (χ2v) is 5.93. The third kappa shape index (κ3) is 3.76. The molecule has 0 aliphatic heterocycles. The second kappa shape index (κ2) is 7.03. The Hall–Kier alpha value is -3.10. The molecular formula is C17H17F2N5O2. The van der Waals surface area contributed by atoms with Crippen LogP contribution in [-0.4, -0.2) is 31.8 Å². The SMILES string of the molecule is CC(C)Oc1nc2nn(C)cc2cc1C(=O)Nc1cccc(C(F)F)n1. The zero-order valence-electron chi connectivity index (χ0n) is 14.4. The van der Waals surface area contributed by atoms with E-state index < -0.39 is 18.0 Å². The summed E-state index contributed by atoms with van der Waals surface area (Å²) < 4.78 is 32.8. The molecule has 7 nitrogen and oxygen atoms in total. The summed E-state index contributed by atoms with van der Waals surface area (Å²) in [7, 11) is 1.74. The predicted molar refractivity (Wildman–Crippen MR) is 91.4 cm³/mol. The third-order valence-corrected chi connectivity index (χ3v) is 3.40. The fourth-order valence-corrected chi connectivity index (χ4v) is 2.36. The van der Waals surface area contributed by atoms with E-state index in [9.17, 15) is 13.6 Å². The Kier molecular flexibility index (Phi) is 4.79. The molecule has 0 aliphatic rings. The van der Waals surface area contributed by atoms with Crippen LogP contribution >= 0.6 is 0 Å². The van der Waals surface area contributed by atoms with Crippen molar-refractivity contribution in [2.45, 2.75) is 26.4 Å². The van der Waals surface area contributed by atoms with Gasteiger partial charge in [0.25, 0.3) is 12.3 Å². The molecule has 0 bridgehead atoms. The summed E-state index contributed by atoms with van der Waals surface area (Å²) in [6.07, 6.45) is -1.22. The first kappa shape index (κ1) is 17.7. The Morgan fingerprint density at radius 3 is 2.73 bits per heavy atom. The summed E-state index contributed by atoms with van der Waals surface area (Å²) >= 11 is 0. The Morgan fingerprint density at radius 1 is 1.27 bits per heavy atom. The van der Waals surface area contributed by atoms with Crippen LogP contribution in [0.15, 0.2) is 30.5 Å². The Bertz CT molecular complexity index is 955. The summed E-state index contributed by atoms with van der Waals surface area (Å²) in [6, 6.07) is 5.62. The Morgan fingerprint density at radius 2 is 2.04 bits per heavy atom. The molecule has 9 heteroatoms. The third-order valence-electron chi connectivity index (χ3n) is 3.40. The van der Waals surface area contributed by atoms with Crippen LogP contribution in [0, 0.1) is 0 Å². The van der Waals surface area contributed by atoms with Crippen molar-refractivity contribution in [3.8, 4) is 5.88 Å². The van der Waals surface area contributed by atoms with Gasteiger partial charge in [0, 0.05) is 18.6 Å². The molecule has 136 valence electrons. The number of hydrogen-bond acceptors (Lipinski definition) is 5. The number of carbonyl (C=O) groups excluding carboxylic acids is 1. The number of nitrogens with zero attached hydrogens (tertiary/aromatic N) is 4. The highest BCUT2D eigenvalue weighted by atomic mass is 19.3. The fraction of sp³-hybridized carbons (Fsp3) is 0.294. The number of halogens is 2. The van der Waals surface area contributed by atoms with Gasteiger partial charge in [0.05, 0.1) is 6.10 Å². The molecular weight excluding hydrogens is 344 g/mol. The molecule has 0 atom stereocenters. The van der Waals surface area contributed by atoms with Crippen LogP contribution in [0.1, 0.15) is 36.3 Å². The molecule has 3 aromatic heterocycles. The van der Waals surface area contributed by atoms with Crippen molar-refractivity contribution in [2.24, 2.45) is 7.05 Å². The molecule has 0 spiro atoms. The molecule has 0 fully saturated rings. The lowest BCUT2D eigenvalue weighted by atomic mass is 10.2. The minimum absolute atomic E-state index is 0.0228. The van der Waals surface area contributed by atoms with Gasteiger partial charge in [-0.25, -0.2) is 13.8 Å². The van der Waals surface area contributed by atoms with E-state index in [1.165, 1.54) is 18.2 Å². The lowest BCUT2D eigenvalue weighted by molar-refractivity contribution is 0.101. The van der Waals surface area contributed by atoms with Gasteiger partial charge in [-0.1, -0.05) is 6.07 Å². The van der Waals surface area contributed by atoms with Gasteiger partial charge in [0.15, 0.2) is 5.65 Å². The van der Waals surface area contributed by atoms with Crippen LogP contribution in [0.5, 0.6) is 5.88 Å². The standard InChI is InChI=1S/C17H17F2N5O2/c1-9(2)26-17-11(7-10-8-24(3)23-15(10)22-17)16(25)21-13-6-4-5-12(20-13)14(18)19/h4-9,14H,1-3H3,(H,20,21,25). The van der Waals surface area contributed by atoms with Gasteiger partial charge in [0.2, 0.25) is 5.88 Å². The maximum atomic E-state index is 12.8. The number of hydrogen-bond donors (Lipinski definition) is 1. The van der Waals surface area contributed by atoms with Crippen LogP contribution in [0.3, 0.4) is 0 Å². The quantitative estimate of drug-likeness (QED) is 0.754. The highest BCUT2D eigenvalue weighted by molar-refractivity contribution is 6.07. The van der Waals surface area contributed by atoms with Gasteiger partial charge in [-0.15, -0.1) is 0 Å². The minimum Gasteiger partial charge on any atom is -0.474 e. The molecule has 0 saturated carbocycles. The van der Waals surface area contributed by atoms with Crippen LogP contribution < -0.4 is 10.1 Å². The highest BCUT2D eigenvalue weighted by Gasteiger charge is 2.19. The van der Waals surface area contributed by atoms with Crippen molar-refractivity contribution in [3.05, 3.63) is 41.7 Å². The smallest absolute Gasteiger partial charge is 0.280 e. The van der Waals surface area contributed by atoms with E-state index >= 15 is 0 Å². The van der Waals surface area contributed by atoms with Crippen molar-refractivity contribution in [1.82, 2.24) is 19.7 Å². The minimum atomic E-state index is -2.72. The zero-order valence-corrected chi connectivity index (χ0v) is 14.4. The average Bonchev–Trinajstić information content (AvgIpc) is 2.92. The van der Waals surface area contributed by atoms with Crippen LogP contribution in [0.25, 0.3) is 11.0 Å². The summed E-state index contributed by atoms with van der Waals surface area (Å²) in [4.78, 5) is 20.7. The van der Waals surface area contributed by atoms with E-state index in [2.05, 4.69) is 20.4 Å². The van der Waals surface area contributed by atoms with Crippen molar-refractivity contribution < 1.29 is 18.3 Å². The Labute approximate surface area is 148 Å². The number of alkyl halides is 2. The summed E-state index contributed by atoms with van der Waals surface area (Å²) in [6.45, 7) is 3.61. The van der Waals surface area contributed by atoms with Crippen LogP contribution in [-0.2, 0) is 7.05 Å². The van der Waals surface area contributed by atoms with E-state index in [1.54, 1.807) is 37.8 Å². The topological polar surface area (TPSA) is 81.9 Å². The fourth-order valence-electron chi connectivity index (χ4n) is 2.36. The maximum Gasteiger partial charge on any atom is 0.280 e. The number of amides is 1. The number of carbonyl (C=O) groups is 1. The lowest BCUT2D eigenvalue weighted by Crippen LogP contribution is -2.17. The van der Waals surface area contributed by atoms with Crippen LogP contribution in [0.4, 0.5) is 14.6 Å². The zero-order chi connectivity index (χ0) is 18.8. The Balaban J connectivity index is 1.96. The van der Waals surface area contributed by atoms with Gasteiger partial charge in [0.1, 0.15) is 17.1 Å². The summed E-state index contributed by atoms with van der Waals surface area (Å²) in [5.74, 6) is -0.416. The number of rotatable bonds is 5. The molecule has 0 aromatic carbocycles. The van der Waals surface area contributed by atoms with E-state index in [0.29, 0.717) is 11.0 Å². The molecule has 3 heterocycles. The molecule has 1 N–H and O–H groups in total. The molecule has 0 saturated heterocycles. The van der Waals surface area contributed by atoms with E-state index in [1.807, 2.05) is 0 Å². The number of pyridine rings is 2. The van der Waals surface area contributed by atoms with Crippen molar-refractivity contribution in [1.29, 1.82) is 0 Å².